The van der Waals surface area contributed by atoms with Crippen LogP contribution >= 0.6 is 11.6 Å². The first-order valence-corrected chi connectivity index (χ1v) is 6.26. The number of benzene rings is 1. The first kappa shape index (κ1) is 13.5. The van der Waals surface area contributed by atoms with Crippen molar-refractivity contribution in [1.29, 1.82) is 0 Å². The van der Waals surface area contributed by atoms with Crippen LogP contribution in [0.1, 0.15) is 28.8 Å². The Balaban J connectivity index is 2.11. The lowest BCUT2D eigenvalue weighted by Crippen LogP contribution is -2.52. The Morgan fingerprint density at radius 3 is 2.84 bits per heavy atom. The van der Waals surface area contributed by atoms with Crippen LogP contribution in [0.5, 0.6) is 0 Å². The molecular weight excluding hydrogens is 268 g/mol. The van der Waals surface area contributed by atoms with E-state index >= 15 is 0 Å². The zero-order valence-corrected chi connectivity index (χ0v) is 11.1. The van der Waals surface area contributed by atoms with Crippen LogP contribution in [0.3, 0.4) is 0 Å². The minimum Gasteiger partial charge on any atom is -0.340 e. The Morgan fingerprint density at radius 2 is 2.16 bits per heavy atom. The van der Waals surface area contributed by atoms with Crippen LogP contribution in [0.25, 0.3) is 0 Å². The molecule has 0 spiro atoms. The molecule has 0 aromatic heterocycles. The number of carbonyl (C=O) groups is 3. The van der Waals surface area contributed by atoms with Gasteiger partial charge in [0, 0.05) is 17.0 Å². The summed E-state index contributed by atoms with van der Waals surface area (Å²) < 4.78 is 0. The van der Waals surface area contributed by atoms with Crippen molar-refractivity contribution < 1.29 is 14.4 Å². The highest BCUT2D eigenvalue weighted by molar-refractivity contribution is 6.31. The highest BCUT2D eigenvalue weighted by Gasteiger charge is 2.28. The number of carbonyl (C=O) groups excluding carboxylic acids is 3. The molecule has 5 nitrogen and oxygen atoms in total. The van der Waals surface area contributed by atoms with Gasteiger partial charge in [-0.25, -0.2) is 0 Å². The number of rotatable bonds is 2. The summed E-state index contributed by atoms with van der Waals surface area (Å²) in [4.78, 5) is 34.6. The topological polar surface area (TPSA) is 75.3 Å². The van der Waals surface area contributed by atoms with Crippen LogP contribution in [0.15, 0.2) is 18.2 Å². The molecule has 2 rings (SSSR count). The fraction of sp³-hybridized carbons (Fsp3) is 0.308. The second-order valence-electron chi connectivity index (χ2n) is 4.44. The van der Waals surface area contributed by atoms with Crippen molar-refractivity contribution in [1.82, 2.24) is 10.6 Å². The molecule has 3 amide bonds. The first-order valence-electron chi connectivity index (χ1n) is 5.88. The maximum atomic E-state index is 12.1. The molecule has 1 fully saturated rings. The standard InChI is InChI=1S/C13H13ClN2O3/c1-7-2-3-8(14)6-9(7)12(18)15-10-4-5-11(17)16-13(10)19/h2-3,6,10H,4-5H2,1H3,(H,15,18)(H,16,17,19). The predicted molar refractivity (Wildman–Crippen MR) is 69.8 cm³/mol. The van der Waals surface area contributed by atoms with Gasteiger partial charge in [0.05, 0.1) is 0 Å². The molecule has 100 valence electrons. The molecule has 0 bridgehead atoms. The number of aryl methyl sites for hydroxylation is 1. The van der Waals surface area contributed by atoms with E-state index in [-0.39, 0.29) is 18.2 Å². The Hall–Kier alpha value is -1.88. The monoisotopic (exact) mass is 280 g/mol. The molecular formula is C13H13ClN2O3. The van der Waals surface area contributed by atoms with Crippen molar-refractivity contribution >= 4 is 29.3 Å². The van der Waals surface area contributed by atoms with E-state index in [1.54, 1.807) is 25.1 Å². The Morgan fingerprint density at radius 1 is 1.42 bits per heavy atom. The lowest BCUT2D eigenvalue weighted by atomic mass is 10.0. The SMILES string of the molecule is Cc1ccc(Cl)cc1C(=O)NC1CCC(=O)NC1=O. The van der Waals surface area contributed by atoms with Crippen molar-refractivity contribution in [2.75, 3.05) is 0 Å². The van der Waals surface area contributed by atoms with Gasteiger partial charge in [-0.2, -0.15) is 0 Å². The van der Waals surface area contributed by atoms with Gasteiger partial charge in [-0.15, -0.1) is 0 Å². The van der Waals surface area contributed by atoms with Crippen molar-refractivity contribution in [2.24, 2.45) is 0 Å². The summed E-state index contributed by atoms with van der Waals surface area (Å²) in [7, 11) is 0. The van der Waals surface area contributed by atoms with Crippen LogP contribution in [0, 0.1) is 6.92 Å². The second kappa shape index (κ2) is 5.40. The molecule has 1 atom stereocenters. The Kier molecular flexibility index (Phi) is 3.85. The van der Waals surface area contributed by atoms with E-state index in [1.807, 2.05) is 0 Å². The summed E-state index contributed by atoms with van der Waals surface area (Å²) in [6, 6.07) is 4.31. The van der Waals surface area contributed by atoms with Crippen LogP contribution in [-0.4, -0.2) is 23.8 Å². The minimum atomic E-state index is -0.677. The molecule has 1 aliphatic rings. The molecule has 0 radical (unpaired) electrons. The van der Waals surface area contributed by atoms with E-state index in [9.17, 15) is 14.4 Å². The smallest absolute Gasteiger partial charge is 0.252 e. The largest absolute Gasteiger partial charge is 0.340 e. The first-order chi connectivity index (χ1) is 8.97. The highest BCUT2D eigenvalue weighted by Crippen LogP contribution is 2.16. The minimum absolute atomic E-state index is 0.227. The predicted octanol–water partition coefficient (Wildman–Crippen LogP) is 1.18. The Labute approximate surface area is 115 Å². The third-order valence-corrected chi connectivity index (χ3v) is 3.22. The number of amides is 3. The van der Waals surface area contributed by atoms with E-state index in [1.165, 1.54) is 0 Å². The van der Waals surface area contributed by atoms with E-state index in [2.05, 4.69) is 10.6 Å². The molecule has 2 N–H and O–H groups in total. The van der Waals surface area contributed by atoms with Crippen LogP contribution in [-0.2, 0) is 9.59 Å². The Bertz CT molecular complexity index is 557. The quantitative estimate of drug-likeness (QED) is 0.799. The number of imide groups is 1. The van der Waals surface area contributed by atoms with E-state index in [0.29, 0.717) is 17.0 Å². The fourth-order valence-corrected chi connectivity index (χ4v) is 2.08. The van der Waals surface area contributed by atoms with E-state index < -0.39 is 11.9 Å². The maximum Gasteiger partial charge on any atom is 0.252 e. The average Bonchev–Trinajstić information content (AvgIpc) is 2.35. The summed E-state index contributed by atoms with van der Waals surface area (Å²) >= 11 is 5.85. The highest BCUT2D eigenvalue weighted by atomic mass is 35.5. The van der Waals surface area contributed by atoms with Gasteiger partial charge in [0.1, 0.15) is 6.04 Å². The summed E-state index contributed by atoms with van der Waals surface area (Å²) in [6.45, 7) is 1.79. The van der Waals surface area contributed by atoms with Gasteiger partial charge in [-0.1, -0.05) is 17.7 Å². The van der Waals surface area contributed by atoms with Crippen molar-refractivity contribution in [3.05, 3.63) is 34.3 Å². The van der Waals surface area contributed by atoms with Gasteiger partial charge in [0.15, 0.2) is 0 Å². The van der Waals surface area contributed by atoms with Gasteiger partial charge in [-0.05, 0) is 31.0 Å². The lowest BCUT2D eigenvalue weighted by Gasteiger charge is -2.22. The van der Waals surface area contributed by atoms with Crippen molar-refractivity contribution in [2.45, 2.75) is 25.8 Å². The third kappa shape index (κ3) is 3.12. The van der Waals surface area contributed by atoms with Crippen molar-refractivity contribution in [3.8, 4) is 0 Å². The number of piperidine rings is 1. The number of hydrogen-bond donors (Lipinski definition) is 2. The normalized spacial score (nSPS) is 18.9. The molecule has 1 unspecified atom stereocenters. The molecule has 0 saturated carbocycles. The molecule has 1 saturated heterocycles. The number of hydrogen-bond acceptors (Lipinski definition) is 3. The fourth-order valence-electron chi connectivity index (χ4n) is 1.91. The second-order valence-corrected chi connectivity index (χ2v) is 4.87. The van der Waals surface area contributed by atoms with Gasteiger partial charge in [-0.3, -0.25) is 19.7 Å². The van der Waals surface area contributed by atoms with Gasteiger partial charge < -0.3 is 5.32 Å². The van der Waals surface area contributed by atoms with E-state index in [4.69, 9.17) is 11.6 Å². The molecule has 0 aliphatic carbocycles. The van der Waals surface area contributed by atoms with Gasteiger partial charge >= 0.3 is 0 Å². The molecule has 6 heteroatoms. The average molecular weight is 281 g/mol. The van der Waals surface area contributed by atoms with Crippen molar-refractivity contribution in [3.63, 3.8) is 0 Å². The zero-order valence-electron chi connectivity index (χ0n) is 10.3. The van der Waals surface area contributed by atoms with E-state index in [0.717, 1.165) is 5.56 Å². The molecule has 1 aromatic carbocycles. The number of halogens is 1. The lowest BCUT2D eigenvalue weighted by molar-refractivity contribution is -0.134. The van der Waals surface area contributed by atoms with Crippen LogP contribution in [0.4, 0.5) is 0 Å². The molecule has 19 heavy (non-hydrogen) atoms. The molecule has 1 aromatic rings. The molecule has 1 aliphatic heterocycles. The maximum absolute atomic E-state index is 12.1. The third-order valence-electron chi connectivity index (χ3n) is 2.99. The summed E-state index contributed by atoms with van der Waals surface area (Å²) in [6.07, 6.45) is 0.543. The van der Waals surface area contributed by atoms with Gasteiger partial charge in [0.25, 0.3) is 5.91 Å². The summed E-state index contributed by atoms with van der Waals surface area (Å²) in [5.41, 5.74) is 1.20. The zero-order chi connectivity index (χ0) is 14.0. The van der Waals surface area contributed by atoms with Crippen LogP contribution < -0.4 is 10.6 Å². The van der Waals surface area contributed by atoms with Crippen LogP contribution in [0.2, 0.25) is 5.02 Å². The summed E-state index contributed by atoms with van der Waals surface area (Å²) in [5.74, 6) is -1.15. The summed E-state index contributed by atoms with van der Waals surface area (Å²) in [5, 5.41) is 5.26. The molecule has 1 heterocycles. The van der Waals surface area contributed by atoms with Gasteiger partial charge in [0.2, 0.25) is 11.8 Å². The number of nitrogens with one attached hydrogen (secondary N) is 2.